The zero-order valence-electron chi connectivity index (χ0n) is 4.93. The molecule has 1 unspecified atom stereocenters. The first-order valence-electron chi connectivity index (χ1n) is 2.67. The van der Waals surface area contributed by atoms with Gasteiger partial charge in [-0.2, -0.15) is 0 Å². The Morgan fingerprint density at radius 2 is 2.38 bits per heavy atom. The fourth-order valence-corrected chi connectivity index (χ4v) is 0.414. The van der Waals surface area contributed by atoms with Crippen LogP contribution in [-0.2, 0) is 4.74 Å². The van der Waals surface area contributed by atoms with Crippen molar-refractivity contribution in [1.29, 1.82) is 0 Å². The Bertz CT molecular complexity index is 47.7. The molecule has 0 aromatic rings. The monoisotopic (exact) mass is 138 g/mol. The van der Waals surface area contributed by atoms with E-state index in [-0.39, 0.29) is 0 Å². The number of ether oxygens (including phenoxy) is 1. The van der Waals surface area contributed by atoms with Crippen molar-refractivity contribution in [2.45, 2.75) is 18.9 Å². The largest absolute Gasteiger partial charge is 0.382 e. The van der Waals surface area contributed by atoms with E-state index in [1.165, 1.54) is 0 Å². The van der Waals surface area contributed by atoms with Crippen molar-refractivity contribution in [3.63, 3.8) is 0 Å². The standard InChI is InChI=1S/C5H11ClO2/c1-2-8-4-3-5(6)7/h5,7H,2-4H2,1H3. The van der Waals surface area contributed by atoms with Gasteiger partial charge in [-0.15, -0.1) is 0 Å². The molecule has 0 spiro atoms. The predicted octanol–water partition coefficient (Wildman–Crippen LogP) is 0.970. The maximum Gasteiger partial charge on any atom is 0.130 e. The fraction of sp³-hybridized carbons (Fsp3) is 1.00. The first-order valence-corrected chi connectivity index (χ1v) is 3.11. The molecule has 0 radical (unpaired) electrons. The van der Waals surface area contributed by atoms with Gasteiger partial charge in [0.15, 0.2) is 0 Å². The molecular formula is C5H11ClO2. The van der Waals surface area contributed by atoms with Crippen LogP contribution < -0.4 is 0 Å². The lowest BCUT2D eigenvalue weighted by Gasteiger charge is -2.00. The molecule has 0 heterocycles. The number of rotatable bonds is 4. The van der Waals surface area contributed by atoms with Crippen LogP contribution in [0.3, 0.4) is 0 Å². The normalized spacial score (nSPS) is 13.9. The summed E-state index contributed by atoms with van der Waals surface area (Å²) in [5.74, 6) is 0. The molecule has 8 heavy (non-hydrogen) atoms. The van der Waals surface area contributed by atoms with Gasteiger partial charge in [-0.1, -0.05) is 11.6 Å². The number of hydrogen-bond acceptors (Lipinski definition) is 2. The molecule has 2 nitrogen and oxygen atoms in total. The van der Waals surface area contributed by atoms with Crippen LogP contribution in [-0.4, -0.2) is 23.9 Å². The first kappa shape index (κ1) is 8.21. The zero-order valence-corrected chi connectivity index (χ0v) is 5.69. The third-order valence-electron chi connectivity index (χ3n) is 0.705. The van der Waals surface area contributed by atoms with Crippen LogP contribution in [0.15, 0.2) is 0 Å². The average molecular weight is 139 g/mol. The van der Waals surface area contributed by atoms with E-state index >= 15 is 0 Å². The van der Waals surface area contributed by atoms with Crippen molar-refractivity contribution in [1.82, 2.24) is 0 Å². The minimum atomic E-state index is -0.749. The van der Waals surface area contributed by atoms with E-state index in [1.807, 2.05) is 6.92 Å². The second-order valence-corrected chi connectivity index (χ2v) is 1.92. The summed E-state index contributed by atoms with van der Waals surface area (Å²) >= 11 is 5.19. The predicted molar refractivity (Wildman–Crippen MR) is 33.0 cm³/mol. The van der Waals surface area contributed by atoms with Crippen LogP contribution >= 0.6 is 11.6 Å². The van der Waals surface area contributed by atoms with Crippen molar-refractivity contribution in [2.24, 2.45) is 0 Å². The Labute approximate surface area is 54.4 Å². The lowest BCUT2D eigenvalue weighted by Crippen LogP contribution is -2.02. The summed E-state index contributed by atoms with van der Waals surface area (Å²) < 4.78 is 4.90. The van der Waals surface area contributed by atoms with E-state index in [4.69, 9.17) is 21.4 Å². The van der Waals surface area contributed by atoms with E-state index in [0.29, 0.717) is 19.6 Å². The third kappa shape index (κ3) is 6.21. The zero-order chi connectivity index (χ0) is 6.41. The van der Waals surface area contributed by atoms with Crippen LogP contribution in [0.1, 0.15) is 13.3 Å². The smallest absolute Gasteiger partial charge is 0.130 e. The van der Waals surface area contributed by atoms with Gasteiger partial charge in [0.25, 0.3) is 0 Å². The van der Waals surface area contributed by atoms with Crippen LogP contribution in [0.2, 0.25) is 0 Å². The van der Waals surface area contributed by atoms with Crippen molar-refractivity contribution in [3.05, 3.63) is 0 Å². The van der Waals surface area contributed by atoms with E-state index in [0.717, 1.165) is 0 Å². The van der Waals surface area contributed by atoms with Gasteiger partial charge in [-0.05, 0) is 6.92 Å². The highest BCUT2D eigenvalue weighted by atomic mass is 35.5. The van der Waals surface area contributed by atoms with Crippen LogP contribution in [0.5, 0.6) is 0 Å². The Kier molecular flexibility index (Phi) is 5.49. The van der Waals surface area contributed by atoms with Gasteiger partial charge < -0.3 is 9.84 Å². The molecule has 0 aliphatic heterocycles. The maximum absolute atomic E-state index is 8.46. The lowest BCUT2D eigenvalue weighted by atomic mass is 10.5. The maximum atomic E-state index is 8.46. The lowest BCUT2D eigenvalue weighted by molar-refractivity contribution is 0.117. The molecule has 0 bridgehead atoms. The van der Waals surface area contributed by atoms with Gasteiger partial charge in [-0.25, -0.2) is 0 Å². The molecule has 0 saturated heterocycles. The molecule has 0 saturated carbocycles. The second kappa shape index (κ2) is 5.35. The molecule has 1 atom stereocenters. The highest BCUT2D eigenvalue weighted by Gasteiger charge is 1.94. The SMILES string of the molecule is CCOCCC(O)Cl. The Morgan fingerprint density at radius 1 is 1.75 bits per heavy atom. The molecule has 0 fully saturated rings. The molecule has 50 valence electrons. The highest BCUT2D eigenvalue weighted by molar-refractivity contribution is 6.19. The summed E-state index contributed by atoms with van der Waals surface area (Å²) in [6.07, 6.45) is 0.509. The summed E-state index contributed by atoms with van der Waals surface area (Å²) in [5.41, 5.74) is -0.749. The van der Waals surface area contributed by atoms with Gasteiger partial charge in [-0.3, -0.25) is 0 Å². The molecule has 0 aromatic carbocycles. The summed E-state index contributed by atoms with van der Waals surface area (Å²) in [6.45, 7) is 3.13. The molecule has 1 N–H and O–H groups in total. The summed E-state index contributed by atoms with van der Waals surface area (Å²) in [6, 6.07) is 0. The van der Waals surface area contributed by atoms with Gasteiger partial charge in [0.2, 0.25) is 0 Å². The molecule has 0 rings (SSSR count). The topological polar surface area (TPSA) is 29.5 Å². The van der Waals surface area contributed by atoms with Crippen molar-refractivity contribution >= 4 is 11.6 Å². The van der Waals surface area contributed by atoms with E-state index in [9.17, 15) is 0 Å². The van der Waals surface area contributed by atoms with Crippen LogP contribution in [0, 0.1) is 0 Å². The number of hydrogen-bond donors (Lipinski definition) is 1. The quantitative estimate of drug-likeness (QED) is 0.464. The number of aliphatic hydroxyl groups excluding tert-OH is 1. The molecule has 3 heteroatoms. The van der Waals surface area contributed by atoms with Crippen molar-refractivity contribution < 1.29 is 9.84 Å². The van der Waals surface area contributed by atoms with E-state index < -0.39 is 5.56 Å². The number of aliphatic hydroxyl groups is 1. The van der Waals surface area contributed by atoms with Gasteiger partial charge in [0, 0.05) is 13.0 Å². The van der Waals surface area contributed by atoms with E-state index in [2.05, 4.69) is 0 Å². The van der Waals surface area contributed by atoms with Crippen molar-refractivity contribution in [3.8, 4) is 0 Å². The molecular weight excluding hydrogens is 128 g/mol. The highest BCUT2D eigenvalue weighted by Crippen LogP contribution is 1.95. The second-order valence-electron chi connectivity index (χ2n) is 1.42. The number of alkyl halides is 1. The Morgan fingerprint density at radius 3 is 2.75 bits per heavy atom. The first-order chi connectivity index (χ1) is 3.77. The third-order valence-corrected chi connectivity index (χ3v) is 0.923. The minimum absolute atomic E-state index is 0.509. The Hall–Kier alpha value is 0.210. The summed E-state index contributed by atoms with van der Waals surface area (Å²) in [4.78, 5) is 0. The molecule has 0 amide bonds. The molecule has 0 aliphatic rings. The van der Waals surface area contributed by atoms with E-state index in [1.54, 1.807) is 0 Å². The summed E-state index contributed by atoms with van der Waals surface area (Å²) in [5, 5.41) is 8.46. The van der Waals surface area contributed by atoms with Gasteiger partial charge in [0.05, 0.1) is 6.61 Å². The fourth-order valence-electron chi connectivity index (χ4n) is 0.325. The molecule has 0 aliphatic carbocycles. The van der Waals surface area contributed by atoms with Crippen molar-refractivity contribution in [2.75, 3.05) is 13.2 Å². The minimum Gasteiger partial charge on any atom is -0.382 e. The number of halogens is 1. The van der Waals surface area contributed by atoms with Gasteiger partial charge >= 0.3 is 0 Å². The summed E-state index contributed by atoms with van der Waals surface area (Å²) in [7, 11) is 0. The Balaban J connectivity index is 2.72. The van der Waals surface area contributed by atoms with Crippen LogP contribution in [0.4, 0.5) is 0 Å². The van der Waals surface area contributed by atoms with Crippen LogP contribution in [0.25, 0.3) is 0 Å². The molecule has 0 aromatic heterocycles. The van der Waals surface area contributed by atoms with Gasteiger partial charge in [0.1, 0.15) is 5.56 Å². The average Bonchev–Trinajstić information content (AvgIpc) is 1.66.